The number of para-hydroxylation sites is 1. The minimum absolute atomic E-state index is 0.0463. The Labute approximate surface area is 71.6 Å². The Kier molecular flexibility index (Phi) is 1.51. The van der Waals surface area contributed by atoms with Crippen LogP contribution in [0.5, 0.6) is 0 Å². The summed E-state index contributed by atoms with van der Waals surface area (Å²) in [5.74, 6) is 0. The first kappa shape index (κ1) is 7.17. The molecule has 0 saturated carbocycles. The zero-order valence-electron chi connectivity index (χ0n) is 5.85. The average Bonchev–Trinajstić information content (AvgIpc) is 2.49. The zero-order valence-corrected chi connectivity index (χ0v) is 6.67. The van der Waals surface area contributed by atoms with Crippen LogP contribution in [-0.2, 0) is 0 Å². The largest absolute Gasteiger partial charge is 0.296 e. The highest BCUT2D eigenvalue weighted by molar-refractivity contribution is 7.16. The number of rotatable bonds is 1. The highest BCUT2D eigenvalue weighted by Crippen LogP contribution is 2.25. The third-order valence-corrected chi connectivity index (χ3v) is 2.22. The molecule has 5 heteroatoms. The van der Waals surface area contributed by atoms with Gasteiger partial charge in [0.05, 0.1) is 9.62 Å². The summed E-state index contributed by atoms with van der Waals surface area (Å²) in [5, 5.41) is 10.5. The Hall–Kier alpha value is -1.49. The maximum absolute atomic E-state index is 10.5. The van der Waals surface area contributed by atoms with Gasteiger partial charge in [0, 0.05) is 6.07 Å². The van der Waals surface area contributed by atoms with Gasteiger partial charge >= 0.3 is 0 Å². The van der Waals surface area contributed by atoms with E-state index in [1.54, 1.807) is 12.1 Å². The summed E-state index contributed by atoms with van der Waals surface area (Å²) >= 11 is 1.28. The Balaban J connectivity index is 2.82. The molecule has 0 unspecified atom stereocenters. The van der Waals surface area contributed by atoms with Crippen molar-refractivity contribution in [2.45, 2.75) is 0 Å². The van der Waals surface area contributed by atoms with Crippen LogP contribution in [0.15, 0.2) is 18.2 Å². The van der Waals surface area contributed by atoms with Crippen LogP contribution in [0, 0.1) is 15.6 Å². The highest BCUT2D eigenvalue weighted by atomic mass is 32.1. The van der Waals surface area contributed by atoms with Crippen LogP contribution < -0.4 is 0 Å². The summed E-state index contributed by atoms with van der Waals surface area (Å²) in [6, 6.07) is 4.87. The molecule has 0 aliphatic rings. The number of hydrogen-bond acceptors (Lipinski definition) is 4. The van der Waals surface area contributed by atoms with Gasteiger partial charge in [0.2, 0.25) is 0 Å². The molecule has 0 amide bonds. The van der Waals surface area contributed by atoms with E-state index in [2.05, 4.69) is 10.5 Å². The average molecular weight is 179 g/mol. The first-order valence-electron chi connectivity index (χ1n) is 3.19. The fraction of sp³-hybridized carbons (Fsp3) is 0. The van der Waals surface area contributed by atoms with Gasteiger partial charge in [-0.15, -0.1) is 11.3 Å². The van der Waals surface area contributed by atoms with Gasteiger partial charge in [-0.3, -0.25) is 10.1 Å². The molecule has 0 aliphatic heterocycles. The summed E-state index contributed by atoms with van der Waals surface area (Å²) in [6.07, 6.45) is 0. The number of benzene rings is 1. The predicted molar refractivity (Wildman–Crippen MR) is 45.1 cm³/mol. The lowest BCUT2D eigenvalue weighted by molar-refractivity contribution is -0.383. The van der Waals surface area contributed by atoms with E-state index in [-0.39, 0.29) is 5.69 Å². The molecule has 1 aromatic heterocycles. The monoisotopic (exact) mass is 179 g/mol. The van der Waals surface area contributed by atoms with Gasteiger partial charge < -0.3 is 0 Å². The maximum Gasteiger partial charge on any atom is 0.296 e. The van der Waals surface area contributed by atoms with Crippen molar-refractivity contribution >= 4 is 27.2 Å². The topological polar surface area (TPSA) is 56.0 Å². The van der Waals surface area contributed by atoms with E-state index in [1.165, 1.54) is 17.4 Å². The van der Waals surface area contributed by atoms with Crippen LogP contribution in [0.25, 0.3) is 10.2 Å². The number of aromatic nitrogens is 1. The molecule has 2 aromatic rings. The summed E-state index contributed by atoms with van der Waals surface area (Å²) in [7, 11) is 0. The first-order chi connectivity index (χ1) is 5.79. The standard InChI is InChI=1S/C7H3N2O2S/c10-9(11)5-2-1-3-6-7(5)8-4-12-6/h1-3H. The third kappa shape index (κ3) is 0.947. The smallest absolute Gasteiger partial charge is 0.258 e. The van der Waals surface area contributed by atoms with Crippen LogP contribution in [0.2, 0.25) is 0 Å². The minimum atomic E-state index is -0.435. The predicted octanol–water partition coefficient (Wildman–Crippen LogP) is 2.00. The van der Waals surface area contributed by atoms with Crippen molar-refractivity contribution in [2.24, 2.45) is 0 Å². The highest BCUT2D eigenvalue weighted by Gasteiger charge is 2.12. The van der Waals surface area contributed by atoms with Crippen molar-refractivity contribution in [1.29, 1.82) is 0 Å². The Morgan fingerprint density at radius 1 is 1.58 bits per heavy atom. The zero-order chi connectivity index (χ0) is 8.55. The van der Waals surface area contributed by atoms with Crippen molar-refractivity contribution in [3.63, 3.8) is 0 Å². The molecule has 0 atom stereocenters. The number of nitro groups is 1. The van der Waals surface area contributed by atoms with Gasteiger partial charge in [-0.25, -0.2) is 4.98 Å². The second-order valence-corrected chi connectivity index (χ2v) is 3.01. The molecule has 0 spiro atoms. The van der Waals surface area contributed by atoms with E-state index in [9.17, 15) is 10.1 Å². The van der Waals surface area contributed by atoms with Crippen molar-refractivity contribution < 1.29 is 4.92 Å². The summed E-state index contributed by atoms with van der Waals surface area (Å²) in [4.78, 5) is 13.8. The first-order valence-corrected chi connectivity index (χ1v) is 4.00. The summed E-state index contributed by atoms with van der Waals surface area (Å²) in [5.41, 5.74) is 3.09. The molecular weight excluding hydrogens is 176 g/mol. The van der Waals surface area contributed by atoms with Gasteiger partial charge in [-0.2, -0.15) is 0 Å². The van der Waals surface area contributed by atoms with Crippen molar-refractivity contribution in [2.75, 3.05) is 0 Å². The van der Waals surface area contributed by atoms with Crippen LogP contribution in [-0.4, -0.2) is 9.91 Å². The fourth-order valence-corrected chi connectivity index (χ4v) is 1.60. The Morgan fingerprint density at radius 3 is 3.17 bits per heavy atom. The van der Waals surface area contributed by atoms with Gasteiger partial charge in [-0.1, -0.05) is 6.07 Å². The lowest BCUT2D eigenvalue weighted by Crippen LogP contribution is -1.87. The van der Waals surface area contributed by atoms with Crippen LogP contribution >= 0.6 is 11.3 Å². The van der Waals surface area contributed by atoms with Crippen LogP contribution in [0.1, 0.15) is 0 Å². The molecule has 0 N–H and O–H groups in total. The van der Waals surface area contributed by atoms with Crippen molar-refractivity contribution in [1.82, 2.24) is 4.98 Å². The van der Waals surface area contributed by atoms with Crippen molar-refractivity contribution in [3.8, 4) is 0 Å². The maximum atomic E-state index is 10.5. The Morgan fingerprint density at radius 2 is 2.42 bits per heavy atom. The lowest BCUT2D eigenvalue weighted by atomic mass is 10.3. The van der Waals surface area contributed by atoms with Crippen LogP contribution in [0.3, 0.4) is 0 Å². The van der Waals surface area contributed by atoms with Crippen LogP contribution in [0.4, 0.5) is 5.69 Å². The number of fused-ring (bicyclic) bond motifs is 1. The number of hydrogen-bond donors (Lipinski definition) is 0. The number of thiazole rings is 1. The SMILES string of the molecule is O=[N+]([O-])c1cccc2s[c]nc12. The molecular formula is C7H3N2O2S. The molecule has 12 heavy (non-hydrogen) atoms. The molecule has 0 saturated heterocycles. The Bertz CT molecular complexity index is 438. The molecule has 2 rings (SSSR count). The van der Waals surface area contributed by atoms with Gasteiger partial charge in [0.1, 0.15) is 0 Å². The molecule has 4 nitrogen and oxygen atoms in total. The molecule has 1 radical (unpaired) electrons. The molecule has 59 valence electrons. The fourth-order valence-electron chi connectivity index (χ4n) is 0.970. The van der Waals surface area contributed by atoms with E-state index in [4.69, 9.17) is 0 Å². The van der Waals surface area contributed by atoms with E-state index < -0.39 is 4.92 Å². The second-order valence-electron chi connectivity index (χ2n) is 2.19. The molecule has 0 fully saturated rings. The molecule has 0 aliphatic carbocycles. The quantitative estimate of drug-likeness (QED) is 0.497. The number of nitro benzene ring substituents is 1. The van der Waals surface area contributed by atoms with E-state index in [1.807, 2.05) is 0 Å². The normalized spacial score (nSPS) is 10.3. The third-order valence-electron chi connectivity index (χ3n) is 1.49. The number of non-ortho nitro benzene ring substituents is 1. The minimum Gasteiger partial charge on any atom is -0.258 e. The van der Waals surface area contributed by atoms with E-state index in [0.29, 0.717) is 5.52 Å². The number of nitrogens with zero attached hydrogens (tertiary/aromatic N) is 2. The van der Waals surface area contributed by atoms with E-state index in [0.717, 1.165) is 4.70 Å². The van der Waals surface area contributed by atoms with Gasteiger partial charge in [0.15, 0.2) is 11.0 Å². The lowest BCUT2D eigenvalue weighted by Gasteiger charge is -1.89. The molecule has 1 aromatic carbocycles. The van der Waals surface area contributed by atoms with Gasteiger partial charge in [-0.05, 0) is 6.07 Å². The summed E-state index contributed by atoms with van der Waals surface area (Å²) < 4.78 is 0.796. The van der Waals surface area contributed by atoms with Gasteiger partial charge in [0.25, 0.3) is 5.69 Å². The van der Waals surface area contributed by atoms with Crippen molar-refractivity contribution in [3.05, 3.63) is 33.8 Å². The molecule has 1 heterocycles. The molecule has 0 bridgehead atoms. The summed E-state index contributed by atoms with van der Waals surface area (Å²) in [6.45, 7) is 0. The van der Waals surface area contributed by atoms with E-state index >= 15 is 0 Å². The second kappa shape index (κ2) is 2.53.